The van der Waals surface area contributed by atoms with Gasteiger partial charge in [-0.1, -0.05) is 29.8 Å². The Balaban J connectivity index is 0.000000270. The lowest BCUT2D eigenvalue weighted by Crippen LogP contribution is -2.30. The number of halogens is 1. The molecule has 3 rings (SSSR count). The summed E-state index contributed by atoms with van der Waals surface area (Å²) in [5, 5.41) is 29.7. The van der Waals surface area contributed by atoms with Crippen LogP contribution in [0.3, 0.4) is 0 Å². The van der Waals surface area contributed by atoms with Crippen LogP contribution in [0.5, 0.6) is 0 Å². The van der Waals surface area contributed by atoms with Crippen LogP contribution in [0.4, 0.5) is 0 Å². The van der Waals surface area contributed by atoms with E-state index in [0.717, 1.165) is 31.0 Å². The maximum Gasteiger partial charge on any atom is 0.336 e. The summed E-state index contributed by atoms with van der Waals surface area (Å²) in [5.74, 6) is -3.44. The lowest BCUT2D eigenvalue weighted by atomic mass is 10.0. The first-order valence-electron chi connectivity index (χ1n) is 11.1. The number of nitrogens with two attached hydrogens (primary N) is 3. The number of guanidine groups is 1. The van der Waals surface area contributed by atoms with Crippen LogP contribution in [0.15, 0.2) is 47.5 Å². The molecule has 1 atom stereocenters. The van der Waals surface area contributed by atoms with E-state index < -0.39 is 23.9 Å². The quantitative estimate of drug-likeness (QED) is 0.158. The second kappa shape index (κ2) is 16.1. The van der Waals surface area contributed by atoms with E-state index in [4.69, 9.17) is 44.1 Å². The van der Waals surface area contributed by atoms with Crippen LogP contribution in [0.2, 0.25) is 5.02 Å². The zero-order chi connectivity index (χ0) is 27.1. The fourth-order valence-electron chi connectivity index (χ4n) is 3.14. The minimum absolute atomic E-state index is 0.0129. The fourth-order valence-corrected chi connectivity index (χ4v) is 3.34. The Morgan fingerprint density at radius 3 is 2.00 bits per heavy atom. The van der Waals surface area contributed by atoms with Gasteiger partial charge in [0.2, 0.25) is 0 Å². The largest absolute Gasteiger partial charge is 0.480 e. The predicted octanol–water partition coefficient (Wildman–Crippen LogP) is 1.56. The summed E-state index contributed by atoms with van der Waals surface area (Å²) in [4.78, 5) is 34.8. The third-order valence-electron chi connectivity index (χ3n) is 4.98. The van der Waals surface area contributed by atoms with Gasteiger partial charge in [-0.05, 0) is 74.2 Å². The predicted molar refractivity (Wildman–Crippen MR) is 138 cm³/mol. The minimum atomic E-state index is -1.23. The summed E-state index contributed by atoms with van der Waals surface area (Å²) < 4.78 is 0. The Hall–Kier alpha value is -3.67. The second-order valence-corrected chi connectivity index (χ2v) is 8.15. The molecule has 196 valence electrons. The smallest absolute Gasteiger partial charge is 0.336 e. The number of carboxylic acids is 3. The number of nitrogens with one attached hydrogen (secondary N) is 1. The lowest BCUT2D eigenvalue weighted by molar-refractivity contribution is -0.138. The summed E-state index contributed by atoms with van der Waals surface area (Å²) in [5.41, 5.74) is 17.8. The molecular formula is C24H32ClN5O6. The van der Waals surface area contributed by atoms with Crippen molar-refractivity contribution in [2.45, 2.75) is 31.7 Å². The van der Waals surface area contributed by atoms with E-state index in [1.807, 2.05) is 6.07 Å². The van der Waals surface area contributed by atoms with Crippen molar-refractivity contribution in [1.82, 2.24) is 5.32 Å². The Labute approximate surface area is 214 Å². The van der Waals surface area contributed by atoms with E-state index >= 15 is 0 Å². The topological polar surface area (TPSA) is 214 Å². The number of rotatable bonds is 7. The van der Waals surface area contributed by atoms with E-state index in [0.29, 0.717) is 19.4 Å². The number of fused-ring (bicyclic) bond motifs is 1. The highest BCUT2D eigenvalue weighted by molar-refractivity contribution is 6.30. The number of carboxylic acid groups (broad SMARTS) is 3. The molecule has 12 heteroatoms. The molecule has 0 radical (unpaired) electrons. The lowest BCUT2D eigenvalue weighted by Gasteiger charge is -2.03. The maximum absolute atomic E-state index is 10.5. The second-order valence-electron chi connectivity index (χ2n) is 7.71. The summed E-state index contributed by atoms with van der Waals surface area (Å²) >= 11 is 5.91. The van der Waals surface area contributed by atoms with Gasteiger partial charge in [-0.15, -0.1) is 0 Å². The van der Waals surface area contributed by atoms with Gasteiger partial charge >= 0.3 is 17.9 Å². The van der Waals surface area contributed by atoms with Crippen LogP contribution in [-0.4, -0.2) is 64.9 Å². The first-order valence-corrected chi connectivity index (χ1v) is 11.5. The number of aliphatic carboxylic acids is 1. The molecule has 0 bridgehead atoms. The van der Waals surface area contributed by atoms with Crippen molar-refractivity contribution in [2.24, 2.45) is 22.2 Å². The zero-order valence-electron chi connectivity index (χ0n) is 19.7. The summed E-state index contributed by atoms with van der Waals surface area (Å²) in [7, 11) is 0. The van der Waals surface area contributed by atoms with Crippen molar-refractivity contribution in [3.05, 3.63) is 69.7 Å². The van der Waals surface area contributed by atoms with Crippen molar-refractivity contribution < 1.29 is 29.7 Å². The van der Waals surface area contributed by atoms with Gasteiger partial charge < -0.3 is 37.8 Å². The molecule has 11 nitrogen and oxygen atoms in total. The van der Waals surface area contributed by atoms with Crippen molar-refractivity contribution in [3.8, 4) is 0 Å². The van der Waals surface area contributed by atoms with Gasteiger partial charge in [0, 0.05) is 11.6 Å². The third-order valence-corrected chi connectivity index (χ3v) is 5.22. The Kier molecular flexibility index (Phi) is 13.6. The van der Waals surface area contributed by atoms with E-state index in [1.165, 1.54) is 35.4 Å². The summed E-state index contributed by atoms with van der Waals surface area (Å²) in [6.07, 6.45) is 3.19. The first kappa shape index (κ1) is 30.4. The average molecular weight is 522 g/mol. The van der Waals surface area contributed by atoms with Gasteiger partial charge in [0.15, 0.2) is 5.96 Å². The number of carbonyl (C=O) groups is 3. The van der Waals surface area contributed by atoms with Crippen LogP contribution in [-0.2, 0) is 17.6 Å². The highest BCUT2D eigenvalue weighted by Gasteiger charge is 2.13. The number of hydrogen-bond acceptors (Lipinski definition) is 6. The van der Waals surface area contributed by atoms with Crippen LogP contribution < -0.4 is 22.5 Å². The number of hydrogen-bond donors (Lipinski definition) is 7. The van der Waals surface area contributed by atoms with Crippen LogP contribution >= 0.6 is 11.6 Å². The molecule has 1 aliphatic heterocycles. The van der Waals surface area contributed by atoms with Gasteiger partial charge in [0.1, 0.15) is 6.04 Å². The Morgan fingerprint density at radius 2 is 1.50 bits per heavy atom. The minimum Gasteiger partial charge on any atom is -0.480 e. The number of aliphatic imine (C=N–C) groups is 1. The van der Waals surface area contributed by atoms with Crippen molar-refractivity contribution in [3.63, 3.8) is 0 Å². The molecule has 0 fully saturated rings. The molecule has 0 saturated heterocycles. The van der Waals surface area contributed by atoms with Gasteiger partial charge in [-0.3, -0.25) is 9.79 Å². The van der Waals surface area contributed by atoms with Crippen LogP contribution in [0.1, 0.15) is 44.7 Å². The van der Waals surface area contributed by atoms with Crippen LogP contribution in [0.25, 0.3) is 0 Å². The molecule has 2 aromatic rings. The number of aromatic carboxylic acids is 2. The van der Waals surface area contributed by atoms with E-state index in [-0.39, 0.29) is 17.1 Å². The number of benzene rings is 2. The molecule has 1 unspecified atom stereocenters. The zero-order valence-corrected chi connectivity index (χ0v) is 20.4. The molecule has 0 aliphatic carbocycles. The highest BCUT2D eigenvalue weighted by Crippen LogP contribution is 2.18. The van der Waals surface area contributed by atoms with Crippen molar-refractivity contribution in [1.29, 1.82) is 0 Å². The normalized spacial score (nSPS) is 12.7. The molecule has 0 saturated carbocycles. The standard InChI is InChI=1S/C10H12ClN.C8H6O4.C6H14N4O2/c11-10-2-1-8-3-5-12-6-4-9(8)7-10;9-7(10)5-3-1-2-4-6(5)8(11)12;7-4(5(11)12)2-1-3-10-6(8)9/h1-2,7,12H,3-6H2;1-4H,(H,9,10)(H,11,12);4H,1-3,7H2,(H,11,12)(H4,8,9,10). The molecule has 36 heavy (non-hydrogen) atoms. The van der Waals surface area contributed by atoms with Gasteiger partial charge in [-0.25, -0.2) is 9.59 Å². The van der Waals surface area contributed by atoms with Gasteiger partial charge in [0.05, 0.1) is 11.1 Å². The molecule has 1 heterocycles. The van der Waals surface area contributed by atoms with E-state index in [9.17, 15) is 14.4 Å². The third kappa shape index (κ3) is 11.6. The van der Waals surface area contributed by atoms with E-state index in [2.05, 4.69) is 22.4 Å². The molecule has 0 aromatic heterocycles. The molecular weight excluding hydrogens is 490 g/mol. The molecule has 10 N–H and O–H groups in total. The summed E-state index contributed by atoms with van der Waals surface area (Å²) in [6, 6.07) is 10.9. The first-order chi connectivity index (χ1) is 17.0. The van der Waals surface area contributed by atoms with E-state index in [1.54, 1.807) is 0 Å². The SMILES string of the molecule is Clc1ccc2c(c1)CCNCC2.NC(N)=NCCCC(N)C(=O)O.O=C(O)c1ccccc1C(=O)O. The van der Waals surface area contributed by atoms with Crippen molar-refractivity contribution in [2.75, 3.05) is 19.6 Å². The molecule has 0 amide bonds. The van der Waals surface area contributed by atoms with Crippen LogP contribution in [0, 0.1) is 0 Å². The molecule has 0 spiro atoms. The maximum atomic E-state index is 10.5. The average Bonchev–Trinajstić information content (AvgIpc) is 3.07. The highest BCUT2D eigenvalue weighted by atomic mass is 35.5. The van der Waals surface area contributed by atoms with Gasteiger partial charge in [-0.2, -0.15) is 0 Å². The van der Waals surface area contributed by atoms with Gasteiger partial charge in [0.25, 0.3) is 0 Å². The Bertz CT molecular complexity index is 1030. The fraction of sp³-hybridized carbons (Fsp3) is 0.333. The van der Waals surface area contributed by atoms with Crippen molar-refractivity contribution >= 4 is 35.5 Å². The monoisotopic (exact) mass is 521 g/mol. The number of nitrogens with zero attached hydrogens (tertiary/aromatic N) is 1. The molecule has 2 aromatic carbocycles. The molecule has 1 aliphatic rings. The summed E-state index contributed by atoms with van der Waals surface area (Å²) in [6.45, 7) is 2.59. The Morgan fingerprint density at radius 1 is 0.944 bits per heavy atom.